The third kappa shape index (κ3) is 19.0. The highest BCUT2D eigenvalue weighted by Crippen LogP contribution is 2.34. The van der Waals surface area contributed by atoms with Crippen LogP contribution in [0.2, 0.25) is 10.0 Å². The van der Waals surface area contributed by atoms with Gasteiger partial charge in [-0.1, -0.05) is 85.0 Å². The molecule has 4 rings (SSSR count). The number of alkyl halides is 7. The third-order valence-electron chi connectivity index (χ3n) is 6.55. The van der Waals surface area contributed by atoms with E-state index in [0.29, 0.717) is 52.6 Å². The number of nitrogens with zero attached hydrogens (tertiary/aromatic N) is 2. The van der Waals surface area contributed by atoms with Gasteiger partial charge in [0, 0.05) is 42.4 Å². The number of amides is 2. The maximum absolute atomic E-state index is 12.3. The number of carbonyl (C=O) groups is 2. The van der Waals surface area contributed by atoms with Crippen molar-refractivity contribution in [3.05, 3.63) is 111 Å². The molecule has 0 atom stereocenters. The molecule has 10 nitrogen and oxygen atoms in total. The SMILES string of the molecule is CC(C)CNC(=O)c1ccc(CO)cn1.CC(C)CNC(=O)c1ccc(COc2ccc(Cl)c(OC(F)(F)F)c2)cn1.FC(F)(F)Oc1cc(CBr)ccc1Cl. The molecule has 3 N–H and O–H groups in total. The largest absolute Gasteiger partial charge is 0.573 e. The Hall–Kier alpha value is -4.32. The molecule has 0 spiro atoms. The van der Waals surface area contributed by atoms with Gasteiger partial charge in [0.15, 0.2) is 5.75 Å². The lowest BCUT2D eigenvalue weighted by atomic mass is 10.2. The molecule has 2 amide bonds. The number of aliphatic hydroxyl groups is 1. The van der Waals surface area contributed by atoms with E-state index in [9.17, 15) is 35.9 Å². The predicted molar refractivity (Wildman–Crippen MR) is 202 cm³/mol. The van der Waals surface area contributed by atoms with Crippen LogP contribution in [0.5, 0.6) is 17.2 Å². The average Bonchev–Trinajstić information content (AvgIpc) is 3.13. The van der Waals surface area contributed by atoms with Crippen LogP contribution in [0.4, 0.5) is 26.3 Å². The number of halogens is 9. The molecule has 0 radical (unpaired) electrons. The van der Waals surface area contributed by atoms with Gasteiger partial charge in [-0.3, -0.25) is 19.6 Å². The number of nitrogens with one attached hydrogen (secondary N) is 2. The van der Waals surface area contributed by atoms with Gasteiger partial charge in [-0.25, -0.2) is 0 Å². The highest BCUT2D eigenvalue weighted by molar-refractivity contribution is 9.08. The number of aromatic nitrogens is 2. The number of ether oxygens (including phenoxy) is 3. The fourth-order valence-corrected chi connectivity index (χ4v) is 4.51. The number of aliphatic hydroxyl groups excluding tert-OH is 1. The molecule has 0 aliphatic rings. The molecule has 0 fully saturated rings. The van der Waals surface area contributed by atoms with Crippen molar-refractivity contribution in [1.82, 2.24) is 20.6 Å². The zero-order valence-corrected chi connectivity index (χ0v) is 33.5. The van der Waals surface area contributed by atoms with Gasteiger partial charge in [-0.05, 0) is 59.4 Å². The van der Waals surface area contributed by atoms with E-state index in [2.05, 4.69) is 46.0 Å². The van der Waals surface area contributed by atoms with Gasteiger partial charge in [0.1, 0.15) is 29.5 Å². The summed E-state index contributed by atoms with van der Waals surface area (Å²) in [6, 6.07) is 14.4. The van der Waals surface area contributed by atoms with Gasteiger partial charge < -0.3 is 30.0 Å². The fourth-order valence-electron chi connectivity index (χ4n) is 3.85. The Kier molecular flexibility index (Phi) is 19.7. The van der Waals surface area contributed by atoms with Crippen molar-refractivity contribution in [2.75, 3.05) is 13.1 Å². The highest BCUT2D eigenvalue weighted by atomic mass is 79.9. The van der Waals surface area contributed by atoms with Crippen molar-refractivity contribution in [2.45, 2.75) is 59.0 Å². The first-order valence-electron chi connectivity index (χ1n) is 16.5. The second kappa shape index (κ2) is 23.0. The maximum atomic E-state index is 12.3. The lowest BCUT2D eigenvalue weighted by Crippen LogP contribution is -2.28. The van der Waals surface area contributed by atoms with Crippen LogP contribution in [0.3, 0.4) is 0 Å². The molecule has 2 aromatic heterocycles. The molecule has 2 aromatic carbocycles. The molecule has 4 aromatic rings. The minimum Gasteiger partial charge on any atom is -0.489 e. The van der Waals surface area contributed by atoms with E-state index in [4.69, 9.17) is 33.0 Å². The first-order chi connectivity index (χ1) is 26.2. The quantitative estimate of drug-likeness (QED) is 0.0894. The number of carbonyl (C=O) groups excluding carboxylic acids is 2. The van der Waals surface area contributed by atoms with Gasteiger partial charge in [0.05, 0.1) is 16.7 Å². The predicted octanol–water partition coefficient (Wildman–Crippen LogP) is 9.69. The van der Waals surface area contributed by atoms with E-state index in [1.807, 2.05) is 27.7 Å². The molecule has 0 unspecified atom stereocenters. The Morgan fingerprint density at radius 2 is 1.16 bits per heavy atom. The summed E-state index contributed by atoms with van der Waals surface area (Å²) in [5, 5.41) is 14.5. The van der Waals surface area contributed by atoms with E-state index < -0.39 is 18.5 Å². The van der Waals surface area contributed by atoms with Crippen LogP contribution in [-0.4, -0.2) is 52.7 Å². The molecular formula is C37H39BrCl2F6N4O6. The summed E-state index contributed by atoms with van der Waals surface area (Å²) in [7, 11) is 0. The Labute approximate surface area is 338 Å². The van der Waals surface area contributed by atoms with E-state index in [1.54, 1.807) is 30.3 Å². The van der Waals surface area contributed by atoms with Crippen molar-refractivity contribution in [3.8, 4) is 17.2 Å². The molecule has 0 saturated carbocycles. The average molecular weight is 901 g/mol. The summed E-state index contributed by atoms with van der Waals surface area (Å²) < 4.78 is 85.6. The highest BCUT2D eigenvalue weighted by Gasteiger charge is 2.33. The van der Waals surface area contributed by atoms with Crippen molar-refractivity contribution < 1.29 is 55.2 Å². The van der Waals surface area contributed by atoms with Crippen LogP contribution >= 0.6 is 39.1 Å². The van der Waals surface area contributed by atoms with Crippen LogP contribution in [0, 0.1) is 11.8 Å². The minimum absolute atomic E-state index is 0.0496. The monoisotopic (exact) mass is 898 g/mol. The van der Waals surface area contributed by atoms with Gasteiger partial charge in [-0.2, -0.15) is 0 Å². The third-order valence-corrected chi connectivity index (χ3v) is 7.82. The van der Waals surface area contributed by atoms with Gasteiger partial charge in [0.25, 0.3) is 11.8 Å². The minimum atomic E-state index is -4.85. The number of rotatable bonds is 13. The molecule has 306 valence electrons. The van der Waals surface area contributed by atoms with Gasteiger partial charge in [0.2, 0.25) is 0 Å². The van der Waals surface area contributed by atoms with Crippen LogP contribution in [0.25, 0.3) is 0 Å². The van der Waals surface area contributed by atoms with Gasteiger partial charge in [-0.15, -0.1) is 26.3 Å². The summed E-state index contributed by atoms with van der Waals surface area (Å²) in [6.45, 7) is 9.21. The van der Waals surface area contributed by atoms with Crippen molar-refractivity contribution in [2.24, 2.45) is 11.8 Å². The molecule has 0 aliphatic carbocycles. The zero-order chi connectivity index (χ0) is 42.1. The number of pyridine rings is 2. The Balaban J connectivity index is 0.000000316. The summed E-state index contributed by atoms with van der Waals surface area (Å²) in [5.74, 6) is -0.473. The molecule has 19 heteroatoms. The normalized spacial score (nSPS) is 11.1. The molecule has 0 saturated heterocycles. The standard InChI is InChI=1S/C18H18ClF3N2O3.C11H16N2O2.C8H5BrClF3O/c1-11(2)8-24-17(25)15-6-3-12(9-23-15)10-26-13-4-5-14(19)16(7-13)27-18(20,21)22;1-8(2)5-13-11(15)10-4-3-9(7-14)6-12-10;9-4-5-1-2-6(10)7(3-5)14-8(11,12)13/h3-7,9,11H,8,10H2,1-2H3,(H,24,25);3-4,6,8,14H,5,7H2,1-2H3,(H,13,15);1-3H,4H2. The van der Waals surface area contributed by atoms with Crippen molar-refractivity contribution >= 4 is 50.9 Å². The number of hydrogen-bond donors (Lipinski definition) is 3. The van der Waals surface area contributed by atoms with Crippen LogP contribution < -0.4 is 24.8 Å². The van der Waals surface area contributed by atoms with Crippen LogP contribution in [0.1, 0.15) is 65.4 Å². The first kappa shape index (κ1) is 47.8. The Bertz CT molecular complexity index is 1830. The van der Waals surface area contributed by atoms with Crippen LogP contribution in [-0.2, 0) is 18.5 Å². The molecule has 0 bridgehead atoms. The van der Waals surface area contributed by atoms with E-state index in [0.717, 1.165) is 6.07 Å². The molecule has 56 heavy (non-hydrogen) atoms. The first-order valence-corrected chi connectivity index (χ1v) is 18.4. The fraction of sp³-hybridized carbons (Fsp3) is 0.351. The smallest absolute Gasteiger partial charge is 0.489 e. The molecule has 2 heterocycles. The van der Waals surface area contributed by atoms with E-state index in [-0.39, 0.29) is 52.3 Å². The maximum Gasteiger partial charge on any atom is 0.573 e. The lowest BCUT2D eigenvalue weighted by Gasteiger charge is -2.12. The van der Waals surface area contributed by atoms with Crippen LogP contribution in [0.15, 0.2) is 73.1 Å². The lowest BCUT2D eigenvalue weighted by molar-refractivity contribution is -0.275. The summed E-state index contributed by atoms with van der Waals surface area (Å²) in [6.07, 6.45) is -6.59. The number of hydrogen-bond acceptors (Lipinski definition) is 8. The van der Waals surface area contributed by atoms with Crippen molar-refractivity contribution in [1.29, 1.82) is 0 Å². The molecule has 0 aliphatic heterocycles. The Morgan fingerprint density at radius 3 is 1.57 bits per heavy atom. The summed E-state index contributed by atoms with van der Waals surface area (Å²) in [5.41, 5.74) is 2.66. The van der Waals surface area contributed by atoms with Crippen molar-refractivity contribution in [3.63, 3.8) is 0 Å². The van der Waals surface area contributed by atoms with E-state index >= 15 is 0 Å². The topological polar surface area (TPSA) is 132 Å². The summed E-state index contributed by atoms with van der Waals surface area (Å²) >= 11 is 14.3. The Morgan fingerprint density at radius 1 is 0.714 bits per heavy atom. The van der Waals surface area contributed by atoms with Gasteiger partial charge >= 0.3 is 12.7 Å². The van der Waals surface area contributed by atoms with E-state index in [1.165, 1.54) is 36.7 Å². The zero-order valence-electron chi connectivity index (χ0n) is 30.4. The second-order valence-electron chi connectivity index (χ2n) is 12.3. The molecular weight excluding hydrogens is 861 g/mol. The second-order valence-corrected chi connectivity index (χ2v) is 13.7. The summed E-state index contributed by atoms with van der Waals surface area (Å²) in [4.78, 5) is 31.4. The number of benzene rings is 2.